The van der Waals surface area contributed by atoms with Gasteiger partial charge in [-0.1, -0.05) is 31.4 Å². The standard InChI is InChI=1S/C32H41ClN6O6/c1-4-5-6-15-45-27-16-24(7-8-26(27)44-3)38-14-10-21(2)39(31(38)41)17-22-9-12-34-30-29(22)25(33)19-37(30)20-28(40)35-23-11-13-36(18-23)32(42)43/h7-9,12,16,19,21,23H,4-6,10-11,13-15,17-18,20H2,1-3H3,(H,35,40)(H,42,43). The van der Waals surface area contributed by atoms with Crippen LogP contribution in [-0.4, -0.2) is 87.9 Å². The molecule has 0 saturated carbocycles. The number of nitrogens with one attached hydrogen (secondary N) is 1. The Bertz CT molecular complexity index is 1550. The van der Waals surface area contributed by atoms with Crippen molar-refractivity contribution in [2.24, 2.45) is 0 Å². The normalized spacial score (nSPS) is 18.5. The second-order valence-corrected chi connectivity index (χ2v) is 12.1. The van der Waals surface area contributed by atoms with Gasteiger partial charge in [0.25, 0.3) is 0 Å². The Balaban J connectivity index is 1.31. The molecular formula is C32H41ClN6O6. The molecule has 242 valence electrons. The number of carbonyl (C=O) groups excluding carboxylic acids is 2. The second kappa shape index (κ2) is 14.3. The number of methoxy groups -OCH3 is 1. The lowest BCUT2D eigenvalue weighted by Crippen LogP contribution is -2.53. The maximum atomic E-state index is 13.9. The van der Waals surface area contributed by atoms with Gasteiger partial charge in [-0.3, -0.25) is 9.69 Å². The van der Waals surface area contributed by atoms with Crippen molar-refractivity contribution in [1.82, 2.24) is 24.7 Å². The monoisotopic (exact) mass is 640 g/mol. The van der Waals surface area contributed by atoms with E-state index in [4.69, 9.17) is 21.1 Å². The Kier molecular flexibility index (Phi) is 10.2. The number of amides is 4. The van der Waals surface area contributed by atoms with Gasteiger partial charge in [0.1, 0.15) is 12.2 Å². The van der Waals surface area contributed by atoms with Crippen LogP contribution < -0.4 is 19.7 Å². The van der Waals surface area contributed by atoms with Gasteiger partial charge in [0.15, 0.2) is 11.5 Å². The lowest BCUT2D eigenvalue weighted by Gasteiger charge is -2.40. The number of hydrogen-bond donors (Lipinski definition) is 2. The number of hydrogen-bond acceptors (Lipinski definition) is 6. The molecule has 12 nitrogen and oxygen atoms in total. The lowest BCUT2D eigenvalue weighted by molar-refractivity contribution is -0.122. The average molecular weight is 641 g/mol. The third kappa shape index (κ3) is 7.22. The van der Waals surface area contributed by atoms with E-state index in [1.807, 2.05) is 36.1 Å². The van der Waals surface area contributed by atoms with Gasteiger partial charge >= 0.3 is 12.1 Å². The number of unbranched alkanes of at least 4 members (excludes halogenated alkanes) is 2. The number of ether oxygens (including phenoxy) is 2. The van der Waals surface area contributed by atoms with Crippen LogP contribution >= 0.6 is 11.6 Å². The van der Waals surface area contributed by atoms with Crippen LogP contribution in [0, 0.1) is 0 Å². The topological polar surface area (TPSA) is 129 Å². The smallest absolute Gasteiger partial charge is 0.407 e. The first-order chi connectivity index (χ1) is 21.7. The molecule has 4 amide bonds. The zero-order valence-corrected chi connectivity index (χ0v) is 26.8. The largest absolute Gasteiger partial charge is 0.493 e. The summed E-state index contributed by atoms with van der Waals surface area (Å²) in [5.41, 5.74) is 2.11. The highest BCUT2D eigenvalue weighted by molar-refractivity contribution is 6.35. The van der Waals surface area contributed by atoms with Crippen LogP contribution in [-0.2, 0) is 17.9 Å². The zero-order valence-electron chi connectivity index (χ0n) is 26.0. The SMILES string of the molecule is CCCCCOc1cc(N2CCC(C)N(Cc3ccnc4c3c(Cl)cn4CC(=O)NC3CCN(C(=O)O)C3)C2=O)ccc1OC. The van der Waals surface area contributed by atoms with Gasteiger partial charge in [0.05, 0.1) is 18.7 Å². The highest BCUT2D eigenvalue weighted by atomic mass is 35.5. The van der Waals surface area contributed by atoms with E-state index < -0.39 is 6.09 Å². The van der Waals surface area contributed by atoms with Crippen molar-refractivity contribution >= 4 is 46.4 Å². The summed E-state index contributed by atoms with van der Waals surface area (Å²) in [6.45, 7) is 6.28. The molecule has 0 spiro atoms. The van der Waals surface area contributed by atoms with Gasteiger partial charge in [-0.2, -0.15) is 0 Å². The van der Waals surface area contributed by atoms with Crippen LogP contribution in [0.5, 0.6) is 11.5 Å². The van der Waals surface area contributed by atoms with Gasteiger partial charge in [0, 0.05) is 67.8 Å². The minimum absolute atomic E-state index is 0.0107. The van der Waals surface area contributed by atoms with E-state index >= 15 is 0 Å². The van der Waals surface area contributed by atoms with E-state index in [0.717, 1.165) is 36.9 Å². The van der Waals surface area contributed by atoms with Crippen LogP contribution in [0.4, 0.5) is 15.3 Å². The van der Waals surface area contributed by atoms with Gasteiger partial charge in [-0.05, 0) is 49.9 Å². The highest BCUT2D eigenvalue weighted by Crippen LogP contribution is 2.35. The molecule has 13 heteroatoms. The summed E-state index contributed by atoms with van der Waals surface area (Å²) in [4.78, 5) is 47.4. The van der Waals surface area contributed by atoms with Crippen molar-refractivity contribution in [2.75, 3.05) is 38.3 Å². The van der Waals surface area contributed by atoms with Crippen molar-refractivity contribution in [1.29, 1.82) is 0 Å². The summed E-state index contributed by atoms with van der Waals surface area (Å²) in [5.74, 6) is 0.989. The molecule has 0 bridgehead atoms. The number of rotatable bonds is 12. The number of carbonyl (C=O) groups is 3. The summed E-state index contributed by atoms with van der Waals surface area (Å²) < 4.78 is 13.2. The lowest BCUT2D eigenvalue weighted by atomic mass is 10.1. The first kappa shape index (κ1) is 32.2. The van der Waals surface area contributed by atoms with E-state index in [1.54, 1.807) is 29.0 Å². The number of urea groups is 1. The fourth-order valence-electron chi connectivity index (χ4n) is 6.00. The van der Waals surface area contributed by atoms with E-state index in [9.17, 15) is 19.5 Å². The fourth-order valence-corrected chi connectivity index (χ4v) is 6.32. The summed E-state index contributed by atoms with van der Waals surface area (Å²) in [6.07, 6.45) is 6.80. The van der Waals surface area contributed by atoms with Crippen molar-refractivity contribution in [3.63, 3.8) is 0 Å². The van der Waals surface area contributed by atoms with Crippen LogP contribution in [0.25, 0.3) is 11.0 Å². The fraction of sp³-hybridized carbons (Fsp3) is 0.500. The molecule has 2 aromatic heterocycles. The maximum Gasteiger partial charge on any atom is 0.407 e. The van der Waals surface area contributed by atoms with E-state index in [-0.39, 0.29) is 37.1 Å². The summed E-state index contributed by atoms with van der Waals surface area (Å²) in [6, 6.07) is 7.06. The molecule has 5 rings (SSSR count). The van der Waals surface area contributed by atoms with Crippen LogP contribution in [0.1, 0.15) is 51.5 Å². The first-order valence-corrected chi connectivity index (χ1v) is 15.9. The molecule has 2 saturated heterocycles. The molecule has 3 aromatic rings. The Morgan fingerprint density at radius 1 is 1.16 bits per heavy atom. The molecule has 2 N–H and O–H groups in total. The maximum absolute atomic E-state index is 13.9. The zero-order chi connectivity index (χ0) is 32.1. The van der Waals surface area contributed by atoms with E-state index in [2.05, 4.69) is 17.2 Å². The number of halogens is 1. The van der Waals surface area contributed by atoms with Crippen molar-refractivity contribution in [2.45, 2.75) is 71.1 Å². The quantitative estimate of drug-likeness (QED) is 0.255. The predicted octanol–water partition coefficient (Wildman–Crippen LogP) is 5.36. The number of benzene rings is 1. The van der Waals surface area contributed by atoms with Gasteiger partial charge in [-0.25, -0.2) is 14.6 Å². The molecule has 2 atom stereocenters. The molecule has 2 aliphatic rings. The second-order valence-electron chi connectivity index (χ2n) is 11.6. The number of anilines is 1. The number of nitrogens with zero attached hydrogens (tertiary/aromatic N) is 5. The van der Waals surface area contributed by atoms with Gasteiger partial charge < -0.3 is 34.3 Å². The number of aromatic nitrogens is 2. The third-order valence-electron chi connectivity index (χ3n) is 8.52. The molecular weight excluding hydrogens is 600 g/mol. The molecule has 0 aliphatic carbocycles. The number of carboxylic acid groups (broad SMARTS) is 1. The Morgan fingerprint density at radius 2 is 1.98 bits per heavy atom. The molecule has 0 radical (unpaired) electrons. The number of pyridine rings is 1. The molecule has 45 heavy (non-hydrogen) atoms. The number of likely N-dealkylation sites (tertiary alicyclic amines) is 1. The molecule has 1 aromatic carbocycles. The third-order valence-corrected chi connectivity index (χ3v) is 8.81. The van der Waals surface area contributed by atoms with Gasteiger partial charge in [-0.15, -0.1) is 0 Å². The molecule has 2 aliphatic heterocycles. The Morgan fingerprint density at radius 3 is 2.71 bits per heavy atom. The van der Waals surface area contributed by atoms with Crippen LogP contribution in [0.2, 0.25) is 5.02 Å². The van der Waals surface area contributed by atoms with Crippen molar-refractivity contribution < 1.29 is 29.0 Å². The van der Waals surface area contributed by atoms with Crippen LogP contribution in [0.3, 0.4) is 0 Å². The summed E-state index contributed by atoms with van der Waals surface area (Å²) in [7, 11) is 1.61. The van der Waals surface area contributed by atoms with Crippen molar-refractivity contribution in [3.8, 4) is 11.5 Å². The van der Waals surface area contributed by atoms with Crippen LogP contribution in [0.15, 0.2) is 36.7 Å². The number of fused-ring (bicyclic) bond motifs is 1. The minimum Gasteiger partial charge on any atom is -0.493 e. The molecule has 2 fully saturated rings. The van der Waals surface area contributed by atoms with E-state index in [1.165, 1.54) is 4.90 Å². The van der Waals surface area contributed by atoms with Gasteiger partial charge in [0.2, 0.25) is 5.91 Å². The average Bonchev–Trinajstić information content (AvgIpc) is 3.62. The van der Waals surface area contributed by atoms with E-state index in [0.29, 0.717) is 60.2 Å². The summed E-state index contributed by atoms with van der Waals surface area (Å²) in [5, 5.41) is 13.2. The predicted molar refractivity (Wildman–Crippen MR) is 171 cm³/mol. The molecule has 4 heterocycles. The summed E-state index contributed by atoms with van der Waals surface area (Å²) >= 11 is 6.71. The first-order valence-electron chi connectivity index (χ1n) is 15.5. The Labute approximate surface area is 267 Å². The molecule has 2 unspecified atom stereocenters. The minimum atomic E-state index is -0.989. The van der Waals surface area contributed by atoms with Crippen molar-refractivity contribution in [3.05, 3.63) is 47.2 Å². The Hall–Kier alpha value is -4.19. The highest BCUT2D eigenvalue weighted by Gasteiger charge is 2.33.